The van der Waals surface area contributed by atoms with Gasteiger partial charge in [0.05, 0.1) is 53.6 Å². The summed E-state index contributed by atoms with van der Waals surface area (Å²) in [5.74, 6) is 0. The molecule has 0 radical (unpaired) electrons. The second-order valence-electron chi connectivity index (χ2n) is 11.4. The molecule has 240 valence electrons. The summed E-state index contributed by atoms with van der Waals surface area (Å²) in [5.41, 5.74) is 6.03. The number of pyridine rings is 4. The van der Waals surface area contributed by atoms with E-state index in [0.717, 1.165) is 0 Å². The van der Waals surface area contributed by atoms with Gasteiger partial charge in [-0.2, -0.15) is 4.80 Å². The molecule has 9 aromatic rings. The van der Waals surface area contributed by atoms with Crippen LogP contribution in [0, 0.1) is 0 Å². The lowest BCUT2D eigenvalue weighted by atomic mass is 9.98. The lowest BCUT2D eigenvalue weighted by molar-refractivity contribution is 0.766. The van der Waals surface area contributed by atoms with Crippen molar-refractivity contribution < 1.29 is 13.7 Å². The topological polar surface area (TPSA) is 82.3 Å². The summed E-state index contributed by atoms with van der Waals surface area (Å²) in [6.07, 6.45) is 3.38. The average molecular weight is 666 g/mol. The summed E-state index contributed by atoms with van der Waals surface area (Å²) in [7, 11) is 0. The van der Waals surface area contributed by atoms with E-state index >= 15 is 0 Å². The van der Waals surface area contributed by atoms with Crippen LogP contribution in [0.25, 0.3) is 84.3 Å². The Hall–Kier alpha value is -7.12. The van der Waals surface area contributed by atoms with Crippen LogP contribution in [-0.2, 0) is 0 Å². The van der Waals surface area contributed by atoms with Crippen LogP contribution >= 0.6 is 0 Å². The largest absolute Gasteiger partial charge is 0.255 e. The normalized spacial score (nSPS) is 13.9. The molecule has 4 aromatic carbocycles. The van der Waals surface area contributed by atoms with Crippen LogP contribution in [0.15, 0.2) is 176 Å². The molecule has 9 rings (SSSR count). The van der Waals surface area contributed by atoms with Crippen molar-refractivity contribution in [1.29, 1.82) is 0 Å². The summed E-state index contributed by atoms with van der Waals surface area (Å²) in [6, 6.07) is 25.2. The first-order valence-electron chi connectivity index (χ1n) is 20.9. The average Bonchev–Trinajstić information content (AvgIpc) is 3.74. The highest BCUT2D eigenvalue weighted by Crippen LogP contribution is 2.35. The van der Waals surface area contributed by atoms with E-state index in [-0.39, 0.29) is 27.9 Å². The molecule has 0 aliphatic heterocycles. The molecule has 7 heteroatoms. The Morgan fingerprint density at radius 3 is 1.57 bits per heavy atom. The second-order valence-corrected chi connectivity index (χ2v) is 11.4. The molecule has 0 aliphatic rings. The maximum atomic E-state index is 8.78. The molecule has 0 atom stereocenters. The minimum Gasteiger partial charge on any atom is -0.255 e. The van der Waals surface area contributed by atoms with Gasteiger partial charge in [-0.05, 0) is 101 Å². The number of benzene rings is 4. The Labute approximate surface area is 308 Å². The highest BCUT2D eigenvalue weighted by Gasteiger charge is 2.18. The van der Waals surface area contributed by atoms with E-state index in [2.05, 4.69) is 9.97 Å². The van der Waals surface area contributed by atoms with Crippen LogP contribution < -0.4 is 0 Å². The summed E-state index contributed by atoms with van der Waals surface area (Å²) < 4.78 is 85.0. The van der Waals surface area contributed by atoms with Crippen LogP contribution in [0.1, 0.15) is 13.7 Å². The molecule has 0 saturated heterocycles. The number of nitrogens with zero attached hydrogens (tertiary/aromatic N) is 7. The second kappa shape index (κ2) is 13.1. The minimum atomic E-state index is -0.579. The van der Waals surface area contributed by atoms with Gasteiger partial charge in [0, 0.05) is 23.5 Å². The first-order valence-corrected chi connectivity index (χ1v) is 15.9. The van der Waals surface area contributed by atoms with E-state index in [9.17, 15) is 0 Å². The zero-order chi connectivity index (χ0) is 42.7. The molecule has 51 heavy (non-hydrogen) atoms. The molecule has 0 amide bonds. The van der Waals surface area contributed by atoms with Gasteiger partial charge in [-0.25, -0.2) is 9.97 Å². The van der Waals surface area contributed by atoms with Gasteiger partial charge in [0.1, 0.15) is 11.0 Å². The van der Waals surface area contributed by atoms with E-state index in [4.69, 9.17) is 33.9 Å². The Bertz CT molecular complexity index is 3070. The smallest absolute Gasteiger partial charge is 0.123 e. The van der Waals surface area contributed by atoms with Gasteiger partial charge in [0.15, 0.2) is 0 Å². The minimum absolute atomic E-state index is 0.110. The van der Waals surface area contributed by atoms with Crippen LogP contribution in [0.4, 0.5) is 0 Å². The molecule has 5 aromatic heterocycles. The van der Waals surface area contributed by atoms with Crippen LogP contribution in [-0.4, -0.2) is 34.9 Å². The quantitative estimate of drug-likeness (QED) is 0.169. The van der Waals surface area contributed by atoms with Crippen molar-refractivity contribution in [3.05, 3.63) is 176 Å². The molecule has 0 N–H and O–H groups in total. The molecule has 5 heterocycles. The molecule has 0 saturated carbocycles. The zero-order valence-electron chi connectivity index (χ0n) is 36.6. The number of hydrogen-bond donors (Lipinski definition) is 0. The van der Waals surface area contributed by atoms with Crippen molar-refractivity contribution in [3.8, 4) is 73.2 Å². The Morgan fingerprint density at radius 2 is 0.980 bits per heavy atom. The summed E-state index contributed by atoms with van der Waals surface area (Å²) in [6.45, 7) is 0. The van der Waals surface area contributed by atoms with E-state index in [1.165, 1.54) is 23.0 Å². The van der Waals surface area contributed by atoms with E-state index < -0.39 is 60.4 Å². The number of hydrogen-bond acceptors (Lipinski definition) is 6. The van der Waals surface area contributed by atoms with E-state index in [1.54, 1.807) is 12.4 Å². The lowest BCUT2D eigenvalue weighted by Crippen LogP contribution is -2.00. The molecule has 0 bridgehead atoms. The predicted molar refractivity (Wildman–Crippen MR) is 203 cm³/mol. The van der Waals surface area contributed by atoms with Crippen molar-refractivity contribution in [1.82, 2.24) is 34.9 Å². The maximum Gasteiger partial charge on any atom is 0.123 e. The van der Waals surface area contributed by atoms with Crippen molar-refractivity contribution in [2.75, 3.05) is 0 Å². The molecule has 0 unspecified atom stereocenters. The Balaban J connectivity index is 1.31. The van der Waals surface area contributed by atoms with Gasteiger partial charge in [-0.3, -0.25) is 9.97 Å². The fraction of sp³-hybridized carbons (Fsp3) is 0. The van der Waals surface area contributed by atoms with Gasteiger partial charge in [0.2, 0.25) is 0 Å². The van der Waals surface area contributed by atoms with Crippen molar-refractivity contribution in [3.63, 3.8) is 0 Å². The molecule has 7 nitrogen and oxygen atoms in total. The Kier molecular flexibility index (Phi) is 5.40. The first-order chi connectivity index (χ1) is 29.4. The van der Waals surface area contributed by atoms with Gasteiger partial charge >= 0.3 is 0 Å². The molecule has 0 spiro atoms. The highest BCUT2D eigenvalue weighted by molar-refractivity contribution is 5.95. The van der Waals surface area contributed by atoms with Crippen molar-refractivity contribution in [2.24, 2.45) is 0 Å². The molecule has 0 fully saturated rings. The van der Waals surface area contributed by atoms with Crippen molar-refractivity contribution >= 4 is 11.0 Å². The maximum absolute atomic E-state index is 8.78. The van der Waals surface area contributed by atoms with Gasteiger partial charge in [-0.1, -0.05) is 84.7 Å². The SMILES string of the molecule is [2H]c1c([2H])c([2H])c(-c2cc(-c3c([2H])c([2H])c([2H])c([2H])c3[2H])cc(-n3nc4cc(-c5cccc(-c6ccccn6)n5)cc(-c5cccc(-c6ccccn6)n5)c4n3)c2)c([2H])c1[2H]. The van der Waals surface area contributed by atoms with Gasteiger partial charge < -0.3 is 0 Å². The van der Waals surface area contributed by atoms with Crippen LogP contribution in [0.2, 0.25) is 0 Å². The summed E-state index contributed by atoms with van der Waals surface area (Å²) in [5, 5.41) is 9.85. The summed E-state index contributed by atoms with van der Waals surface area (Å²) in [4.78, 5) is 20.2. The summed E-state index contributed by atoms with van der Waals surface area (Å²) >= 11 is 0. The number of fused-ring (bicyclic) bond motifs is 1. The van der Waals surface area contributed by atoms with E-state index in [1.807, 2.05) is 84.9 Å². The van der Waals surface area contributed by atoms with Gasteiger partial charge in [-0.15, -0.1) is 10.2 Å². The standard InChI is InChI=1S/C44H29N7/c1-3-13-30(14-4-1)32-25-33(31-15-5-2-6-16-31)27-35(26-32)51-49-43-29-34(37-19-11-21-41(47-37)39-17-7-9-23-45-39)28-36(44(43)50-51)38-20-12-22-42(48-38)40-18-8-10-24-46-40/h1-29H/i1D,2D,3D,4D,5D,6D,13D,14D,15D,16D. The third-order valence-corrected chi connectivity index (χ3v) is 8.14. The monoisotopic (exact) mass is 665 g/mol. The third kappa shape index (κ3) is 6.04. The zero-order valence-corrected chi connectivity index (χ0v) is 26.6. The fourth-order valence-corrected chi connectivity index (χ4v) is 5.78. The molecular formula is C44H29N7. The highest BCUT2D eigenvalue weighted by atomic mass is 15.5. The van der Waals surface area contributed by atoms with Crippen LogP contribution in [0.5, 0.6) is 0 Å². The van der Waals surface area contributed by atoms with Crippen molar-refractivity contribution in [2.45, 2.75) is 0 Å². The van der Waals surface area contributed by atoms with Crippen LogP contribution in [0.3, 0.4) is 0 Å². The Morgan fingerprint density at radius 1 is 0.431 bits per heavy atom. The molecular weight excluding hydrogens is 627 g/mol. The molecule has 0 aliphatic carbocycles. The fourth-order valence-electron chi connectivity index (χ4n) is 5.78. The number of rotatable bonds is 7. The first kappa shape index (κ1) is 21.1. The third-order valence-electron chi connectivity index (χ3n) is 8.14. The van der Waals surface area contributed by atoms with Gasteiger partial charge in [0.25, 0.3) is 0 Å². The number of aromatic nitrogens is 7. The predicted octanol–water partition coefficient (Wildman–Crippen LogP) is 10.0. The lowest BCUT2D eigenvalue weighted by Gasteiger charge is -2.10. The van der Waals surface area contributed by atoms with E-state index in [0.29, 0.717) is 56.3 Å².